The van der Waals surface area contributed by atoms with Gasteiger partial charge in [-0.05, 0) is 13.1 Å². The van der Waals surface area contributed by atoms with Gasteiger partial charge in [0, 0.05) is 28.6 Å². The van der Waals surface area contributed by atoms with Crippen LogP contribution in [0.1, 0.15) is 11.1 Å². The predicted octanol–water partition coefficient (Wildman–Crippen LogP) is 1.81. The van der Waals surface area contributed by atoms with E-state index in [-0.39, 0.29) is 5.75 Å². The fourth-order valence-corrected chi connectivity index (χ4v) is 2.33. The summed E-state index contributed by atoms with van der Waals surface area (Å²) in [6.07, 6.45) is 0.864. The lowest BCUT2D eigenvalue weighted by atomic mass is 10.1. The smallest absolute Gasteiger partial charge is 0.165 e. The largest absolute Gasteiger partial charge is 0.504 e. The van der Waals surface area contributed by atoms with Crippen molar-refractivity contribution in [2.24, 2.45) is 0 Å². The minimum Gasteiger partial charge on any atom is -0.504 e. The van der Waals surface area contributed by atoms with Gasteiger partial charge < -0.3 is 15.2 Å². The average molecular weight is 258 g/mol. The Morgan fingerprint density at radius 1 is 1.64 bits per heavy atom. The number of phenols is 1. The van der Waals surface area contributed by atoms with Crippen molar-refractivity contribution in [3.05, 3.63) is 21.7 Å². The van der Waals surface area contributed by atoms with Gasteiger partial charge in [0.2, 0.25) is 0 Å². The molecule has 1 aliphatic heterocycles. The van der Waals surface area contributed by atoms with E-state index in [0.717, 1.165) is 22.0 Å². The van der Waals surface area contributed by atoms with Crippen LogP contribution < -0.4 is 10.1 Å². The van der Waals surface area contributed by atoms with Gasteiger partial charge in [-0.25, -0.2) is 0 Å². The molecule has 4 heteroatoms. The number of ether oxygens (including phenoxy) is 1. The lowest BCUT2D eigenvalue weighted by molar-refractivity contribution is 0.333. The van der Waals surface area contributed by atoms with Crippen LogP contribution in [0.25, 0.3) is 0 Å². The Morgan fingerprint density at radius 3 is 3.14 bits per heavy atom. The van der Waals surface area contributed by atoms with E-state index in [4.69, 9.17) is 4.74 Å². The number of fused-ring (bicyclic) bond motifs is 1. The molecule has 2 N–H and O–H groups in total. The summed E-state index contributed by atoms with van der Waals surface area (Å²) in [6, 6.07) is 1.94. The highest BCUT2D eigenvalue weighted by atomic mass is 79.9. The van der Waals surface area contributed by atoms with Crippen molar-refractivity contribution in [1.82, 2.24) is 5.32 Å². The van der Waals surface area contributed by atoms with Gasteiger partial charge in [-0.2, -0.15) is 0 Å². The van der Waals surface area contributed by atoms with E-state index in [2.05, 4.69) is 21.2 Å². The zero-order chi connectivity index (χ0) is 10.1. The molecule has 0 aliphatic carbocycles. The molecule has 1 heterocycles. The molecule has 2 rings (SSSR count). The third-order valence-electron chi connectivity index (χ3n) is 2.35. The number of hydrogen-bond acceptors (Lipinski definition) is 3. The molecule has 76 valence electrons. The molecule has 0 aromatic heterocycles. The highest BCUT2D eigenvalue weighted by Crippen LogP contribution is 2.41. The van der Waals surface area contributed by atoms with Crippen LogP contribution in [0, 0.1) is 0 Å². The monoisotopic (exact) mass is 257 g/mol. The molecule has 0 spiro atoms. The standard InChI is InChI=1S/C10H12BrNO2/c1-12-5-6-4-8(11)7-2-3-14-10(7)9(6)13/h4,12-13H,2-3,5H2,1H3. The Morgan fingerprint density at radius 2 is 2.43 bits per heavy atom. The third kappa shape index (κ3) is 1.48. The molecule has 3 nitrogen and oxygen atoms in total. The minimum atomic E-state index is 0.273. The number of halogens is 1. The first-order valence-corrected chi connectivity index (χ1v) is 5.34. The van der Waals surface area contributed by atoms with Crippen molar-refractivity contribution in [2.45, 2.75) is 13.0 Å². The van der Waals surface area contributed by atoms with Gasteiger partial charge in [0.15, 0.2) is 11.5 Å². The Bertz CT molecular complexity index is 366. The van der Waals surface area contributed by atoms with Crippen molar-refractivity contribution in [2.75, 3.05) is 13.7 Å². The maximum absolute atomic E-state index is 9.88. The first kappa shape index (κ1) is 9.80. The normalized spacial score (nSPS) is 13.9. The summed E-state index contributed by atoms with van der Waals surface area (Å²) in [5, 5.41) is 12.9. The summed E-state index contributed by atoms with van der Waals surface area (Å²) in [6.45, 7) is 1.30. The summed E-state index contributed by atoms with van der Waals surface area (Å²) in [5.74, 6) is 0.916. The van der Waals surface area contributed by atoms with Crippen LogP contribution in [-0.4, -0.2) is 18.8 Å². The van der Waals surface area contributed by atoms with Gasteiger partial charge in [-0.15, -0.1) is 0 Å². The van der Waals surface area contributed by atoms with Crippen molar-refractivity contribution >= 4 is 15.9 Å². The molecule has 1 aromatic rings. The molecule has 0 atom stereocenters. The molecule has 1 aliphatic rings. The summed E-state index contributed by atoms with van der Waals surface area (Å²) in [4.78, 5) is 0. The highest BCUT2D eigenvalue weighted by Gasteiger charge is 2.21. The van der Waals surface area contributed by atoms with Crippen LogP contribution in [0.2, 0.25) is 0 Å². The maximum atomic E-state index is 9.88. The van der Waals surface area contributed by atoms with E-state index in [1.54, 1.807) is 0 Å². The van der Waals surface area contributed by atoms with Crippen LogP contribution >= 0.6 is 15.9 Å². The second-order valence-electron chi connectivity index (χ2n) is 3.30. The molecule has 0 saturated heterocycles. The predicted molar refractivity (Wildman–Crippen MR) is 57.8 cm³/mol. The van der Waals surface area contributed by atoms with Gasteiger partial charge in [-0.3, -0.25) is 0 Å². The first-order valence-electron chi connectivity index (χ1n) is 4.54. The number of hydrogen-bond donors (Lipinski definition) is 2. The average Bonchev–Trinajstić information content (AvgIpc) is 2.63. The molecule has 0 saturated carbocycles. The van der Waals surface area contributed by atoms with Crippen LogP contribution in [0.3, 0.4) is 0 Å². The fourth-order valence-electron chi connectivity index (χ4n) is 1.67. The van der Waals surface area contributed by atoms with E-state index >= 15 is 0 Å². The zero-order valence-corrected chi connectivity index (χ0v) is 9.52. The summed E-state index contributed by atoms with van der Waals surface area (Å²) in [7, 11) is 1.85. The van der Waals surface area contributed by atoms with E-state index in [9.17, 15) is 5.11 Å². The lowest BCUT2D eigenvalue weighted by Crippen LogP contribution is -2.05. The van der Waals surface area contributed by atoms with Crippen LogP contribution in [0.4, 0.5) is 0 Å². The van der Waals surface area contributed by atoms with Crippen molar-refractivity contribution in [3.8, 4) is 11.5 Å². The molecule has 14 heavy (non-hydrogen) atoms. The summed E-state index contributed by atoms with van der Waals surface area (Å²) < 4.78 is 6.41. The van der Waals surface area contributed by atoms with Gasteiger partial charge in [-0.1, -0.05) is 15.9 Å². The Balaban J connectivity index is 2.50. The third-order valence-corrected chi connectivity index (χ3v) is 3.06. The van der Waals surface area contributed by atoms with E-state index < -0.39 is 0 Å². The molecule has 0 amide bonds. The summed E-state index contributed by atoms with van der Waals surface area (Å²) in [5.41, 5.74) is 1.93. The number of phenolic OH excluding ortho intramolecular Hbond substituents is 1. The number of aromatic hydroxyl groups is 1. The van der Waals surface area contributed by atoms with Gasteiger partial charge in [0.1, 0.15) is 0 Å². The second kappa shape index (κ2) is 3.79. The molecular weight excluding hydrogens is 246 g/mol. The minimum absolute atomic E-state index is 0.273. The van der Waals surface area contributed by atoms with Crippen molar-refractivity contribution in [1.29, 1.82) is 0 Å². The quantitative estimate of drug-likeness (QED) is 0.850. The Labute approximate surface area is 91.2 Å². The van der Waals surface area contributed by atoms with Crippen LogP contribution in [0.15, 0.2) is 10.5 Å². The maximum Gasteiger partial charge on any atom is 0.165 e. The Hall–Kier alpha value is -0.740. The molecular formula is C10H12BrNO2. The SMILES string of the molecule is CNCc1cc(Br)c2c(c1O)OCC2. The van der Waals surface area contributed by atoms with Gasteiger partial charge >= 0.3 is 0 Å². The van der Waals surface area contributed by atoms with Crippen LogP contribution in [-0.2, 0) is 13.0 Å². The molecule has 0 unspecified atom stereocenters. The number of rotatable bonds is 2. The summed E-state index contributed by atoms with van der Waals surface area (Å²) >= 11 is 3.48. The van der Waals surface area contributed by atoms with Crippen LogP contribution in [0.5, 0.6) is 11.5 Å². The van der Waals surface area contributed by atoms with E-state index in [0.29, 0.717) is 18.9 Å². The molecule has 1 aromatic carbocycles. The van der Waals surface area contributed by atoms with E-state index in [1.165, 1.54) is 0 Å². The molecule has 0 bridgehead atoms. The lowest BCUT2D eigenvalue weighted by Gasteiger charge is -2.09. The Kier molecular flexibility index (Phi) is 2.65. The second-order valence-corrected chi connectivity index (χ2v) is 4.16. The van der Waals surface area contributed by atoms with Gasteiger partial charge in [0.05, 0.1) is 6.61 Å². The number of benzene rings is 1. The topological polar surface area (TPSA) is 41.5 Å². The highest BCUT2D eigenvalue weighted by molar-refractivity contribution is 9.10. The molecule has 0 radical (unpaired) electrons. The van der Waals surface area contributed by atoms with E-state index in [1.807, 2.05) is 13.1 Å². The molecule has 0 fully saturated rings. The zero-order valence-electron chi connectivity index (χ0n) is 7.93. The van der Waals surface area contributed by atoms with Crippen molar-refractivity contribution in [3.63, 3.8) is 0 Å². The van der Waals surface area contributed by atoms with Crippen molar-refractivity contribution < 1.29 is 9.84 Å². The number of nitrogens with one attached hydrogen (secondary N) is 1. The first-order chi connectivity index (χ1) is 6.74. The van der Waals surface area contributed by atoms with Gasteiger partial charge in [0.25, 0.3) is 0 Å². The fraction of sp³-hybridized carbons (Fsp3) is 0.400.